The fourth-order valence-electron chi connectivity index (χ4n) is 1.79. The first-order valence-corrected chi connectivity index (χ1v) is 7.18. The second kappa shape index (κ2) is 5.38. The lowest BCUT2D eigenvalue weighted by molar-refractivity contribution is 0.610. The van der Waals surface area contributed by atoms with Gasteiger partial charge in [0.1, 0.15) is 0 Å². The van der Waals surface area contributed by atoms with E-state index in [-0.39, 0.29) is 5.82 Å². The van der Waals surface area contributed by atoms with Gasteiger partial charge in [-0.1, -0.05) is 6.07 Å². The molecule has 0 aliphatic carbocycles. The van der Waals surface area contributed by atoms with Crippen LogP contribution in [0.25, 0.3) is 0 Å². The van der Waals surface area contributed by atoms with E-state index in [4.69, 9.17) is 5.73 Å². The third kappa shape index (κ3) is 2.36. The minimum Gasteiger partial charge on any atom is -0.367 e. The van der Waals surface area contributed by atoms with Gasteiger partial charge in [-0.25, -0.2) is 4.39 Å². The maximum atomic E-state index is 14.1. The molecule has 16 heavy (non-hydrogen) atoms. The van der Waals surface area contributed by atoms with Crippen molar-refractivity contribution in [2.75, 3.05) is 29.5 Å². The van der Waals surface area contributed by atoms with E-state index in [1.165, 1.54) is 0 Å². The lowest BCUT2D eigenvalue weighted by Crippen LogP contribution is -2.33. The molecular weight excluding hydrogens is 291 g/mol. The molecule has 0 unspecified atom stereocenters. The molecule has 88 valence electrons. The predicted molar refractivity (Wildman–Crippen MR) is 71.5 cm³/mol. The molecule has 0 bridgehead atoms. The van der Waals surface area contributed by atoms with Crippen LogP contribution in [0.4, 0.5) is 10.1 Å². The number of halogens is 2. The van der Waals surface area contributed by atoms with Gasteiger partial charge in [-0.3, -0.25) is 0 Å². The van der Waals surface area contributed by atoms with Crippen molar-refractivity contribution in [3.8, 4) is 0 Å². The maximum absolute atomic E-state index is 14.1. The van der Waals surface area contributed by atoms with E-state index >= 15 is 0 Å². The van der Waals surface area contributed by atoms with Crippen LogP contribution in [-0.4, -0.2) is 24.6 Å². The Hall–Kier alpha value is -0.260. The van der Waals surface area contributed by atoms with E-state index < -0.39 is 0 Å². The van der Waals surface area contributed by atoms with Crippen LogP contribution in [0.15, 0.2) is 16.6 Å². The summed E-state index contributed by atoms with van der Waals surface area (Å²) in [5, 5.41) is 0. The SMILES string of the molecule is NCc1ccc(N2CCSCC2)c(F)c1Br. The average molecular weight is 305 g/mol. The van der Waals surface area contributed by atoms with Gasteiger partial charge in [0.05, 0.1) is 10.2 Å². The quantitative estimate of drug-likeness (QED) is 0.911. The molecule has 1 aromatic rings. The topological polar surface area (TPSA) is 29.3 Å². The number of nitrogens with two attached hydrogens (primary N) is 1. The summed E-state index contributed by atoms with van der Waals surface area (Å²) in [6.45, 7) is 2.18. The molecule has 0 radical (unpaired) electrons. The Morgan fingerprint density at radius 1 is 1.38 bits per heavy atom. The highest BCUT2D eigenvalue weighted by molar-refractivity contribution is 9.10. The van der Waals surface area contributed by atoms with Crippen LogP contribution in [0.1, 0.15) is 5.56 Å². The molecule has 1 fully saturated rings. The minimum absolute atomic E-state index is 0.185. The minimum atomic E-state index is -0.185. The summed E-state index contributed by atoms with van der Waals surface area (Å²) < 4.78 is 14.6. The second-order valence-electron chi connectivity index (χ2n) is 3.68. The summed E-state index contributed by atoms with van der Waals surface area (Å²) >= 11 is 5.19. The number of anilines is 1. The Labute approximate surface area is 108 Å². The van der Waals surface area contributed by atoms with E-state index in [0.717, 1.165) is 30.2 Å². The third-order valence-electron chi connectivity index (χ3n) is 2.71. The molecule has 0 spiro atoms. The molecule has 1 aliphatic rings. The molecule has 1 saturated heterocycles. The van der Waals surface area contributed by atoms with Crippen molar-refractivity contribution in [1.29, 1.82) is 0 Å². The van der Waals surface area contributed by atoms with Gasteiger partial charge in [0.15, 0.2) is 5.82 Å². The van der Waals surface area contributed by atoms with Crippen molar-refractivity contribution >= 4 is 33.4 Å². The Balaban J connectivity index is 2.30. The summed E-state index contributed by atoms with van der Waals surface area (Å²) in [6, 6.07) is 3.72. The van der Waals surface area contributed by atoms with Gasteiger partial charge in [0, 0.05) is 31.1 Å². The first-order chi connectivity index (χ1) is 7.74. The van der Waals surface area contributed by atoms with Crippen LogP contribution < -0.4 is 10.6 Å². The Kier molecular flexibility index (Phi) is 4.10. The van der Waals surface area contributed by atoms with Gasteiger partial charge < -0.3 is 10.6 Å². The highest BCUT2D eigenvalue weighted by atomic mass is 79.9. The zero-order valence-electron chi connectivity index (χ0n) is 8.88. The zero-order valence-corrected chi connectivity index (χ0v) is 11.3. The van der Waals surface area contributed by atoms with Crippen LogP contribution in [0.3, 0.4) is 0 Å². The van der Waals surface area contributed by atoms with E-state index in [2.05, 4.69) is 20.8 Å². The van der Waals surface area contributed by atoms with Crippen molar-refractivity contribution in [1.82, 2.24) is 0 Å². The molecule has 2 nitrogen and oxygen atoms in total. The first-order valence-electron chi connectivity index (χ1n) is 5.23. The Bertz CT molecular complexity index is 380. The van der Waals surface area contributed by atoms with Crippen molar-refractivity contribution in [3.05, 3.63) is 28.0 Å². The second-order valence-corrected chi connectivity index (χ2v) is 5.69. The van der Waals surface area contributed by atoms with Crippen molar-refractivity contribution in [3.63, 3.8) is 0 Å². The van der Waals surface area contributed by atoms with Gasteiger partial charge in [0.25, 0.3) is 0 Å². The number of thioether (sulfide) groups is 1. The van der Waals surface area contributed by atoms with Crippen LogP contribution in [0.5, 0.6) is 0 Å². The highest BCUT2D eigenvalue weighted by Gasteiger charge is 2.17. The normalized spacial score (nSPS) is 16.6. The third-order valence-corrected chi connectivity index (χ3v) is 4.51. The molecule has 2 rings (SSSR count). The lowest BCUT2D eigenvalue weighted by atomic mass is 10.2. The fourth-order valence-corrected chi connectivity index (χ4v) is 3.19. The lowest BCUT2D eigenvalue weighted by Gasteiger charge is -2.29. The largest absolute Gasteiger partial charge is 0.367 e. The number of rotatable bonds is 2. The monoisotopic (exact) mass is 304 g/mol. The smallest absolute Gasteiger partial charge is 0.160 e. The van der Waals surface area contributed by atoms with Crippen LogP contribution in [-0.2, 0) is 6.54 Å². The van der Waals surface area contributed by atoms with Crippen LogP contribution in [0.2, 0.25) is 0 Å². The molecule has 0 amide bonds. The van der Waals surface area contributed by atoms with Crippen molar-refractivity contribution < 1.29 is 4.39 Å². The molecule has 1 aliphatic heterocycles. The van der Waals surface area contributed by atoms with Crippen LogP contribution in [0, 0.1) is 5.82 Å². The van der Waals surface area contributed by atoms with Crippen molar-refractivity contribution in [2.45, 2.75) is 6.54 Å². The zero-order chi connectivity index (χ0) is 11.5. The molecule has 2 N–H and O–H groups in total. The van der Waals surface area contributed by atoms with E-state index in [1.807, 2.05) is 23.9 Å². The predicted octanol–water partition coefficient (Wildman–Crippen LogP) is 2.60. The molecule has 5 heteroatoms. The number of nitrogens with zero attached hydrogens (tertiary/aromatic N) is 1. The van der Waals surface area contributed by atoms with Gasteiger partial charge in [0.2, 0.25) is 0 Å². The van der Waals surface area contributed by atoms with Gasteiger partial charge >= 0.3 is 0 Å². The summed E-state index contributed by atoms with van der Waals surface area (Å²) in [4.78, 5) is 2.09. The molecule has 1 aromatic carbocycles. The molecule has 0 aromatic heterocycles. The number of benzene rings is 1. The van der Waals surface area contributed by atoms with Gasteiger partial charge in [-0.05, 0) is 27.6 Å². The standard InChI is InChI=1S/C11H14BrFN2S/c12-10-8(7-14)1-2-9(11(10)13)15-3-5-16-6-4-15/h1-2H,3-7,14H2. The van der Waals surface area contributed by atoms with E-state index in [0.29, 0.717) is 16.7 Å². The Morgan fingerprint density at radius 3 is 2.69 bits per heavy atom. The summed E-state index contributed by atoms with van der Waals surface area (Å²) in [5.74, 6) is 1.95. The summed E-state index contributed by atoms with van der Waals surface area (Å²) in [5.41, 5.74) is 7.03. The molecule has 0 atom stereocenters. The number of hydrogen-bond acceptors (Lipinski definition) is 3. The maximum Gasteiger partial charge on any atom is 0.160 e. The summed E-state index contributed by atoms with van der Waals surface area (Å²) in [7, 11) is 0. The Morgan fingerprint density at radius 2 is 2.06 bits per heavy atom. The van der Waals surface area contributed by atoms with Crippen molar-refractivity contribution in [2.24, 2.45) is 5.73 Å². The fraction of sp³-hybridized carbons (Fsp3) is 0.455. The van der Waals surface area contributed by atoms with Gasteiger partial charge in [-0.15, -0.1) is 0 Å². The van der Waals surface area contributed by atoms with E-state index in [1.54, 1.807) is 0 Å². The highest BCUT2D eigenvalue weighted by Crippen LogP contribution is 2.30. The summed E-state index contributed by atoms with van der Waals surface area (Å²) in [6.07, 6.45) is 0. The van der Waals surface area contributed by atoms with Gasteiger partial charge in [-0.2, -0.15) is 11.8 Å². The molecule has 1 heterocycles. The average Bonchev–Trinajstić information content (AvgIpc) is 2.34. The van der Waals surface area contributed by atoms with E-state index in [9.17, 15) is 4.39 Å². The first kappa shape index (κ1) is 12.2. The van der Waals surface area contributed by atoms with Crippen LogP contribution >= 0.6 is 27.7 Å². The molecule has 0 saturated carbocycles. The molecular formula is C11H14BrFN2S. The number of hydrogen-bond donors (Lipinski definition) is 1.